The Morgan fingerprint density at radius 1 is 1.04 bits per heavy atom. The molecule has 0 aliphatic rings. The van der Waals surface area contributed by atoms with Crippen LogP contribution < -0.4 is 14.2 Å². The summed E-state index contributed by atoms with van der Waals surface area (Å²) < 4.78 is 37.8. The SMILES string of the molecule is COc1ccc(S(=O)(=O)Nc2cc(C)c(C)cc2[N+](=O)[O-])c(OC)c1. The lowest BCUT2D eigenvalue weighted by Gasteiger charge is -2.13. The summed E-state index contributed by atoms with van der Waals surface area (Å²) in [5, 5.41) is 11.2. The molecule has 0 fully saturated rings. The second kappa shape index (κ2) is 6.98. The molecular formula is C16H18N2O6S. The van der Waals surface area contributed by atoms with Crippen LogP contribution in [0.25, 0.3) is 0 Å². The van der Waals surface area contributed by atoms with Gasteiger partial charge >= 0.3 is 0 Å². The highest BCUT2D eigenvalue weighted by Crippen LogP contribution is 2.33. The van der Waals surface area contributed by atoms with E-state index in [-0.39, 0.29) is 22.0 Å². The number of rotatable bonds is 6. The Kier molecular flexibility index (Phi) is 5.17. The molecule has 9 heteroatoms. The summed E-state index contributed by atoms with van der Waals surface area (Å²) in [6.07, 6.45) is 0. The fourth-order valence-electron chi connectivity index (χ4n) is 2.23. The Morgan fingerprint density at radius 2 is 1.68 bits per heavy atom. The summed E-state index contributed by atoms with van der Waals surface area (Å²) in [6, 6.07) is 6.96. The molecule has 0 aliphatic heterocycles. The Hall–Kier alpha value is -2.81. The molecule has 0 aromatic heterocycles. The number of aryl methyl sites for hydroxylation is 2. The smallest absolute Gasteiger partial charge is 0.293 e. The van der Waals surface area contributed by atoms with Crippen molar-refractivity contribution in [1.82, 2.24) is 0 Å². The third-order valence-electron chi connectivity index (χ3n) is 3.71. The number of hydrogen-bond acceptors (Lipinski definition) is 6. The molecule has 2 rings (SSSR count). The van der Waals surface area contributed by atoms with Crippen molar-refractivity contribution in [2.45, 2.75) is 18.7 Å². The first kappa shape index (κ1) is 18.5. The van der Waals surface area contributed by atoms with Gasteiger partial charge in [0.2, 0.25) is 0 Å². The molecule has 25 heavy (non-hydrogen) atoms. The van der Waals surface area contributed by atoms with Gasteiger partial charge in [-0.05, 0) is 43.2 Å². The van der Waals surface area contributed by atoms with E-state index in [9.17, 15) is 18.5 Å². The topological polar surface area (TPSA) is 108 Å². The lowest BCUT2D eigenvalue weighted by Crippen LogP contribution is -2.15. The first-order valence-corrected chi connectivity index (χ1v) is 8.68. The maximum absolute atomic E-state index is 12.7. The lowest BCUT2D eigenvalue weighted by molar-refractivity contribution is -0.383. The van der Waals surface area contributed by atoms with E-state index >= 15 is 0 Å². The Bertz CT molecular complexity index is 924. The van der Waals surface area contributed by atoms with Crippen molar-refractivity contribution in [2.75, 3.05) is 18.9 Å². The second-order valence-corrected chi connectivity index (χ2v) is 6.98. The lowest BCUT2D eigenvalue weighted by atomic mass is 10.1. The van der Waals surface area contributed by atoms with Crippen molar-refractivity contribution in [3.63, 3.8) is 0 Å². The zero-order valence-corrected chi connectivity index (χ0v) is 15.0. The zero-order chi connectivity index (χ0) is 18.8. The van der Waals surface area contributed by atoms with Crippen LogP contribution in [0.2, 0.25) is 0 Å². The van der Waals surface area contributed by atoms with E-state index in [1.807, 2.05) is 0 Å². The summed E-state index contributed by atoms with van der Waals surface area (Å²) in [4.78, 5) is 10.5. The molecule has 0 amide bonds. The predicted octanol–water partition coefficient (Wildman–Crippen LogP) is 3.03. The number of methoxy groups -OCH3 is 2. The van der Waals surface area contributed by atoms with Gasteiger partial charge in [-0.3, -0.25) is 14.8 Å². The first-order chi connectivity index (χ1) is 11.7. The molecule has 0 aliphatic carbocycles. The molecule has 0 saturated carbocycles. The van der Waals surface area contributed by atoms with E-state index in [1.54, 1.807) is 13.8 Å². The summed E-state index contributed by atoms with van der Waals surface area (Å²) in [5.41, 5.74) is 0.992. The molecule has 2 aromatic carbocycles. The van der Waals surface area contributed by atoms with Crippen molar-refractivity contribution in [2.24, 2.45) is 0 Å². The Balaban J connectivity index is 2.53. The van der Waals surface area contributed by atoms with Crippen LogP contribution in [0.4, 0.5) is 11.4 Å². The number of nitro groups is 1. The van der Waals surface area contributed by atoms with Gasteiger partial charge in [0.25, 0.3) is 15.7 Å². The number of nitrogens with zero attached hydrogens (tertiary/aromatic N) is 1. The molecule has 0 heterocycles. The summed E-state index contributed by atoms with van der Waals surface area (Å²) in [7, 11) is -1.33. The van der Waals surface area contributed by atoms with Crippen LogP contribution in [0, 0.1) is 24.0 Å². The highest BCUT2D eigenvalue weighted by molar-refractivity contribution is 7.92. The number of ether oxygens (including phenoxy) is 2. The number of hydrogen-bond donors (Lipinski definition) is 1. The van der Waals surface area contributed by atoms with Crippen molar-refractivity contribution < 1.29 is 22.8 Å². The van der Waals surface area contributed by atoms with Crippen LogP contribution in [0.3, 0.4) is 0 Å². The van der Waals surface area contributed by atoms with Crippen molar-refractivity contribution in [1.29, 1.82) is 0 Å². The van der Waals surface area contributed by atoms with Gasteiger partial charge in [0.05, 0.1) is 19.1 Å². The zero-order valence-electron chi connectivity index (χ0n) is 14.2. The van der Waals surface area contributed by atoms with E-state index in [0.717, 1.165) is 5.56 Å². The van der Waals surface area contributed by atoms with Crippen molar-refractivity contribution in [3.05, 3.63) is 51.6 Å². The van der Waals surface area contributed by atoms with Crippen LogP contribution in [0.5, 0.6) is 11.5 Å². The van der Waals surface area contributed by atoms with E-state index in [4.69, 9.17) is 9.47 Å². The summed E-state index contributed by atoms with van der Waals surface area (Å²) in [5.74, 6) is 0.492. The van der Waals surface area contributed by atoms with Gasteiger partial charge in [-0.15, -0.1) is 0 Å². The van der Waals surface area contributed by atoms with Crippen LogP contribution in [-0.4, -0.2) is 27.6 Å². The normalized spacial score (nSPS) is 11.0. The molecule has 8 nitrogen and oxygen atoms in total. The summed E-state index contributed by atoms with van der Waals surface area (Å²) in [6.45, 7) is 3.46. The molecule has 0 spiro atoms. The monoisotopic (exact) mass is 366 g/mol. The minimum absolute atomic E-state index is 0.0679. The van der Waals surface area contributed by atoms with Crippen LogP contribution in [0.15, 0.2) is 35.2 Å². The number of nitrogens with one attached hydrogen (secondary N) is 1. The first-order valence-electron chi connectivity index (χ1n) is 7.20. The van der Waals surface area contributed by atoms with Gasteiger partial charge in [0, 0.05) is 12.1 Å². The minimum Gasteiger partial charge on any atom is -0.497 e. The largest absolute Gasteiger partial charge is 0.497 e. The number of anilines is 1. The Labute approximate surface area is 145 Å². The minimum atomic E-state index is -4.10. The van der Waals surface area contributed by atoms with Gasteiger partial charge < -0.3 is 9.47 Å². The molecular weight excluding hydrogens is 348 g/mol. The number of sulfonamides is 1. The maximum Gasteiger partial charge on any atom is 0.293 e. The Morgan fingerprint density at radius 3 is 2.24 bits per heavy atom. The summed E-state index contributed by atoms with van der Waals surface area (Å²) >= 11 is 0. The fraction of sp³-hybridized carbons (Fsp3) is 0.250. The molecule has 0 radical (unpaired) electrons. The average Bonchev–Trinajstić information content (AvgIpc) is 2.56. The van der Waals surface area contributed by atoms with Crippen LogP contribution in [0.1, 0.15) is 11.1 Å². The maximum atomic E-state index is 12.7. The quantitative estimate of drug-likeness (QED) is 0.622. The molecule has 2 aromatic rings. The second-order valence-electron chi connectivity index (χ2n) is 5.33. The van der Waals surface area contributed by atoms with E-state index in [1.165, 1.54) is 44.6 Å². The third-order valence-corrected chi connectivity index (χ3v) is 5.12. The average molecular weight is 366 g/mol. The van der Waals surface area contributed by atoms with Crippen molar-refractivity contribution in [3.8, 4) is 11.5 Å². The highest BCUT2D eigenvalue weighted by atomic mass is 32.2. The van der Waals surface area contributed by atoms with Crippen molar-refractivity contribution >= 4 is 21.4 Å². The fourth-order valence-corrected chi connectivity index (χ4v) is 3.45. The molecule has 0 unspecified atom stereocenters. The van der Waals surface area contributed by atoms with Gasteiger partial charge in [-0.25, -0.2) is 8.42 Å². The van der Waals surface area contributed by atoms with Gasteiger partial charge in [-0.1, -0.05) is 0 Å². The van der Waals surface area contributed by atoms with Gasteiger partial charge in [0.15, 0.2) is 0 Å². The van der Waals surface area contributed by atoms with Gasteiger partial charge in [0.1, 0.15) is 22.1 Å². The van der Waals surface area contributed by atoms with E-state index in [2.05, 4.69) is 4.72 Å². The van der Waals surface area contributed by atoms with Crippen LogP contribution in [-0.2, 0) is 10.0 Å². The number of benzene rings is 2. The molecule has 0 atom stereocenters. The standard InChI is InChI=1S/C16H18N2O6S/c1-10-7-13(14(18(19)20)8-11(10)2)17-25(21,22)16-6-5-12(23-3)9-15(16)24-4/h5-9,17H,1-4H3. The van der Waals surface area contributed by atoms with E-state index < -0.39 is 14.9 Å². The highest BCUT2D eigenvalue weighted by Gasteiger charge is 2.25. The molecule has 134 valence electrons. The number of nitro benzene ring substituents is 1. The third kappa shape index (κ3) is 3.82. The van der Waals surface area contributed by atoms with E-state index in [0.29, 0.717) is 11.3 Å². The van der Waals surface area contributed by atoms with Gasteiger partial charge in [-0.2, -0.15) is 0 Å². The molecule has 0 saturated heterocycles. The van der Waals surface area contributed by atoms with Crippen LogP contribution >= 0.6 is 0 Å². The molecule has 1 N–H and O–H groups in total. The molecule has 0 bridgehead atoms. The predicted molar refractivity (Wildman–Crippen MR) is 92.9 cm³/mol.